The fraction of sp³-hybridized carbons (Fsp3) is 0.474. The van der Waals surface area contributed by atoms with Gasteiger partial charge in [-0.25, -0.2) is 4.68 Å². The second kappa shape index (κ2) is 7.58. The van der Waals surface area contributed by atoms with E-state index in [9.17, 15) is 4.79 Å². The molecule has 1 fully saturated rings. The van der Waals surface area contributed by atoms with Gasteiger partial charge in [0.25, 0.3) is 5.91 Å². The van der Waals surface area contributed by atoms with Gasteiger partial charge in [0.05, 0.1) is 23.1 Å². The summed E-state index contributed by atoms with van der Waals surface area (Å²) >= 11 is 5.99. The molecule has 134 valence electrons. The number of amides is 1. The van der Waals surface area contributed by atoms with Crippen molar-refractivity contribution in [2.45, 2.75) is 26.2 Å². The first-order chi connectivity index (χ1) is 12.0. The Morgan fingerprint density at radius 1 is 1.36 bits per heavy atom. The summed E-state index contributed by atoms with van der Waals surface area (Å²) in [6.07, 6.45) is 2.76. The van der Waals surface area contributed by atoms with Crippen LogP contribution in [-0.4, -0.2) is 47.3 Å². The van der Waals surface area contributed by atoms with E-state index >= 15 is 0 Å². The molecule has 25 heavy (non-hydrogen) atoms. The van der Waals surface area contributed by atoms with E-state index < -0.39 is 0 Å². The minimum Gasteiger partial charge on any atom is -0.338 e. The van der Waals surface area contributed by atoms with Gasteiger partial charge in [-0.3, -0.25) is 4.79 Å². The summed E-state index contributed by atoms with van der Waals surface area (Å²) in [6.45, 7) is 6.75. The first-order valence-corrected chi connectivity index (χ1v) is 9.16. The van der Waals surface area contributed by atoms with Gasteiger partial charge in [-0.1, -0.05) is 25.4 Å². The Hall–Kier alpha value is -1.85. The molecule has 0 aliphatic carbocycles. The quantitative estimate of drug-likeness (QED) is 0.889. The molecular weight excluding hydrogens is 336 g/mol. The molecule has 0 radical (unpaired) electrons. The molecule has 6 heteroatoms. The summed E-state index contributed by atoms with van der Waals surface area (Å²) in [5.74, 6) is 0.804. The molecule has 1 atom stereocenters. The SMILES string of the molecule is CNC[C@@H]1CCN(C(=O)c2cnn(-c3ccc(Cl)cc3)c2C(C)C)C1. The summed E-state index contributed by atoms with van der Waals surface area (Å²) in [7, 11) is 1.96. The fourth-order valence-corrected chi connectivity index (χ4v) is 3.64. The van der Waals surface area contributed by atoms with Crippen LogP contribution in [0.1, 0.15) is 42.2 Å². The van der Waals surface area contributed by atoms with E-state index in [1.807, 2.05) is 40.9 Å². The Kier molecular flexibility index (Phi) is 5.45. The molecular formula is C19H25ClN4O. The fourth-order valence-electron chi connectivity index (χ4n) is 3.51. The number of halogens is 1. The first kappa shape index (κ1) is 18.0. The largest absolute Gasteiger partial charge is 0.338 e. The van der Waals surface area contributed by atoms with Gasteiger partial charge in [0.1, 0.15) is 0 Å². The van der Waals surface area contributed by atoms with E-state index in [1.54, 1.807) is 6.20 Å². The molecule has 5 nitrogen and oxygen atoms in total. The molecule has 1 aliphatic rings. The monoisotopic (exact) mass is 360 g/mol. The molecule has 0 bridgehead atoms. The minimum atomic E-state index is 0.0857. The van der Waals surface area contributed by atoms with Crippen molar-refractivity contribution in [2.24, 2.45) is 5.92 Å². The maximum Gasteiger partial charge on any atom is 0.257 e. The van der Waals surface area contributed by atoms with Gasteiger partial charge in [0, 0.05) is 18.1 Å². The van der Waals surface area contributed by atoms with Crippen LogP contribution in [0.4, 0.5) is 0 Å². The standard InChI is InChI=1S/C19H25ClN4O/c1-13(2)18-17(19(25)23-9-8-14(12-23)10-21-3)11-22-24(18)16-6-4-15(20)5-7-16/h4-7,11,13-14,21H,8-10,12H2,1-3H3/t14-/m0/s1. The Labute approximate surface area is 154 Å². The number of carbonyl (C=O) groups excluding carboxylic acids is 1. The van der Waals surface area contributed by atoms with Crippen molar-refractivity contribution >= 4 is 17.5 Å². The second-order valence-corrected chi connectivity index (χ2v) is 7.39. The van der Waals surface area contributed by atoms with Crippen LogP contribution in [-0.2, 0) is 0 Å². The average Bonchev–Trinajstić information content (AvgIpc) is 3.22. The molecule has 1 aromatic carbocycles. The molecule has 1 amide bonds. The molecule has 0 spiro atoms. The Morgan fingerprint density at radius 3 is 2.72 bits per heavy atom. The number of carbonyl (C=O) groups is 1. The molecule has 0 saturated carbocycles. The molecule has 1 aliphatic heterocycles. The molecule has 1 saturated heterocycles. The van der Waals surface area contributed by atoms with E-state index in [0.717, 1.165) is 37.4 Å². The van der Waals surface area contributed by atoms with E-state index in [2.05, 4.69) is 24.3 Å². The van der Waals surface area contributed by atoms with Crippen molar-refractivity contribution in [3.8, 4) is 5.69 Å². The molecule has 3 rings (SSSR count). The van der Waals surface area contributed by atoms with Gasteiger partial charge in [-0.2, -0.15) is 5.10 Å². The highest BCUT2D eigenvalue weighted by atomic mass is 35.5. The number of aromatic nitrogens is 2. The lowest BCUT2D eigenvalue weighted by atomic mass is 10.0. The van der Waals surface area contributed by atoms with E-state index in [-0.39, 0.29) is 11.8 Å². The van der Waals surface area contributed by atoms with Crippen LogP contribution in [0, 0.1) is 5.92 Å². The summed E-state index contributed by atoms with van der Waals surface area (Å²) in [5, 5.41) is 8.39. The lowest BCUT2D eigenvalue weighted by molar-refractivity contribution is 0.0785. The number of likely N-dealkylation sites (tertiary alicyclic amines) is 1. The van der Waals surface area contributed by atoms with Crippen LogP contribution in [0.15, 0.2) is 30.5 Å². The summed E-state index contributed by atoms with van der Waals surface area (Å²) in [6, 6.07) is 7.53. The van der Waals surface area contributed by atoms with E-state index in [1.165, 1.54) is 0 Å². The summed E-state index contributed by atoms with van der Waals surface area (Å²) in [5.41, 5.74) is 2.57. The minimum absolute atomic E-state index is 0.0857. The number of hydrogen-bond donors (Lipinski definition) is 1. The number of hydrogen-bond acceptors (Lipinski definition) is 3. The molecule has 1 aromatic heterocycles. The van der Waals surface area contributed by atoms with Crippen LogP contribution in [0.25, 0.3) is 5.69 Å². The van der Waals surface area contributed by atoms with Gasteiger partial charge in [0.15, 0.2) is 0 Å². The maximum atomic E-state index is 13.1. The molecule has 2 heterocycles. The maximum absolute atomic E-state index is 13.1. The van der Waals surface area contributed by atoms with Crippen molar-refractivity contribution in [3.05, 3.63) is 46.7 Å². The topological polar surface area (TPSA) is 50.2 Å². The van der Waals surface area contributed by atoms with Crippen LogP contribution in [0.5, 0.6) is 0 Å². The van der Waals surface area contributed by atoms with Crippen molar-refractivity contribution in [1.29, 1.82) is 0 Å². The van der Waals surface area contributed by atoms with Gasteiger partial charge in [0.2, 0.25) is 0 Å². The Bertz CT molecular complexity index is 738. The van der Waals surface area contributed by atoms with Crippen LogP contribution in [0.2, 0.25) is 5.02 Å². The van der Waals surface area contributed by atoms with Crippen LogP contribution in [0.3, 0.4) is 0 Å². The normalized spacial score (nSPS) is 17.5. The van der Waals surface area contributed by atoms with Crippen molar-refractivity contribution < 1.29 is 4.79 Å². The van der Waals surface area contributed by atoms with Crippen LogP contribution >= 0.6 is 11.6 Å². The Morgan fingerprint density at radius 2 is 2.08 bits per heavy atom. The highest BCUT2D eigenvalue weighted by Crippen LogP contribution is 2.26. The van der Waals surface area contributed by atoms with Crippen molar-refractivity contribution in [1.82, 2.24) is 20.0 Å². The zero-order valence-electron chi connectivity index (χ0n) is 15.0. The van der Waals surface area contributed by atoms with Gasteiger partial charge in [-0.05, 0) is 56.1 Å². The zero-order chi connectivity index (χ0) is 18.0. The van der Waals surface area contributed by atoms with E-state index in [0.29, 0.717) is 16.5 Å². The van der Waals surface area contributed by atoms with Gasteiger partial charge >= 0.3 is 0 Å². The first-order valence-electron chi connectivity index (χ1n) is 8.79. The third-order valence-corrected chi connectivity index (χ3v) is 4.97. The lowest BCUT2D eigenvalue weighted by Crippen LogP contribution is -2.31. The third kappa shape index (κ3) is 3.72. The smallest absolute Gasteiger partial charge is 0.257 e. The van der Waals surface area contributed by atoms with Crippen LogP contribution < -0.4 is 5.32 Å². The highest BCUT2D eigenvalue weighted by Gasteiger charge is 2.30. The average molecular weight is 361 g/mol. The summed E-state index contributed by atoms with van der Waals surface area (Å²) < 4.78 is 1.86. The van der Waals surface area contributed by atoms with Crippen molar-refractivity contribution in [3.63, 3.8) is 0 Å². The molecule has 0 unspecified atom stereocenters. The molecule has 1 N–H and O–H groups in total. The number of nitrogens with one attached hydrogen (secondary N) is 1. The van der Waals surface area contributed by atoms with Gasteiger partial charge in [-0.15, -0.1) is 0 Å². The summed E-state index contributed by atoms with van der Waals surface area (Å²) in [4.78, 5) is 15.0. The number of rotatable bonds is 5. The lowest BCUT2D eigenvalue weighted by Gasteiger charge is -2.18. The predicted octanol–water partition coefficient (Wildman–Crippen LogP) is 3.33. The zero-order valence-corrected chi connectivity index (χ0v) is 15.8. The molecule has 2 aromatic rings. The highest BCUT2D eigenvalue weighted by molar-refractivity contribution is 6.30. The number of benzene rings is 1. The predicted molar refractivity (Wildman–Crippen MR) is 101 cm³/mol. The third-order valence-electron chi connectivity index (χ3n) is 4.72. The van der Waals surface area contributed by atoms with Crippen molar-refractivity contribution in [2.75, 3.05) is 26.7 Å². The second-order valence-electron chi connectivity index (χ2n) is 6.95. The van der Waals surface area contributed by atoms with Gasteiger partial charge < -0.3 is 10.2 Å². The van der Waals surface area contributed by atoms with E-state index in [4.69, 9.17) is 11.6 Å². The number of nitrogens with zero attached hydrogens (tertiary/aromatic N) is 3. The Balaban J connectivity index is 1.89.